The van der Waals surface area contributed by atoms with Crippen molar-refractivity contribution in [1.29, 1.82) is 0 Å². The Morgan fingerprint density at radius 2 is 1.89 bits per heavy atom. The van der Waals surface area contributed by atoms with Gasteiger partial charge in [0.05, 0.1) is 25.6 Å². The molecule has 3 aromatic rings. The number of amides is 1. The van der Waals surface area contributed by atoms with Crippen molar-refractivity contribution >= 4 is 11.9 Å². The lowest BCUT2D eigenvalue weighted by Gasteiger charge is -2.29. The van der Waals surface area contributed by atoms with Crippen LogP contribution in [0.15, 0.2) is 43.0 Å². The number of hydrogen-bond acceptors (Lipinski definition) is 10. The number of aromatic nitrogens is 6. The van der Waals surface area contributed by atoms with Crippen LogP contribution in [-0.2, 0) is 19.1 Å². The molecule has 2 saturated heterocycles. The van der Waals surface area contributed by atoms with Gasteiger partial charge in [-0.05, 0) is 59.4 Å². The third-order valence-electron chi connectivity index (χ3n) is 7.72. The first-order valence-corrected chi connectivity index (χ1v) is 12.8. The fourth-order valence-electron chi connectivity index (χ4n) is 5.92. The molecule has 1 N–H and O–H groups in total. The molecule has 1 aromatic carbocycles. The van der Waals surface area contributed by atoms with E-state index < -0.39 is 11.4 Å². The molecule has 1 amide bonds. The molecule has 0 radical (unpaired) electrons. The molecule has 1 aliphatic carbocycles. The number of aliphatic carboxylic acids is 1. The van der Waals surface area contributed by atoms with Gasteiger partial charge in [-0.2, -0.15) is 4.68 Å². The van der Waals surface area contributed by atoms with E-state index in [2.05, 4.69) is 25.8 Å². The molecular weight excluding hydrogens is 494 g/mol. The number of ether oxygens (including phenoxy) is 3. The van der Waals surface area contributed by atoms with Gasteiger partial charge in [-0.15, -0.1) is 0 Å². The fourth-order valence-corrected chi connectivity index (χ4v) is 5.92. The van der Waals surface area contributed by atoms with E-state index in [1.807, 2.05) is 35.0 Å². The van der Waals surface area contributed by atoms with Crippen molar-refractivity contribution in [2.45, 2.75) is 62.8 Å². The summed E-state index contributed by atoms with van der Waals surface area (Å²) in [4.78, 5) is 28.2. The first-order chi connectivity index (χ1) is 18.5. The second kappa shape index (κ2) is 10.1. The normalized spacial score (nSPS) is 25.8. The summed E-state index contributed by atoms with van der Waals surface area (Å²) in [5.41, 5.74) is 0.406. The van der Waals surface area contributed by atoms with Gasteiger partial charge >= 0.3 is 6.01 Å². The van der Waals surface area contributed by atoms with Crippen molar-refractivity contribution in [2.24, 2.45) is 5.41 Å². The van der Waals surface area contributed by atoms with Gasteiger partial charge in [0.1, 0.15) is 24.0 Å². The average molecular weight is 523 g/mol. The van der Waals surface area contributed by atoms with Crippen LogP contribution in [0.4, 0.5) is 0 Å². The van der Waals surface area contributed by atoms with E-state index >= 15 is 0 Å². The molecule has 1 saturated carbocycles. The van der Waals surface area contributed by atoms with Crippen LogP contribution in [0, 0.1) is 5.41 Å². The number of rotatable bonds is 9. The number of tetrazole rings is 1. The summed E-state index contributed by atoms with van der Waals surface area (Å²) in [6, 6.07) is 6.95. The zero-order valence-corrected chi connectivity index (χ0v) is 20.6. The van der Waals surface area contributed by atoms with Crippen LogP contribution in [0.1, 0.15) is 44.6 Å². The number of fused-ring (bicyclic) bond motifs is 1. The molecule has 2 aromatic heterocycles. The second-order valence-corrected chi connectivity index (χ2v) is 10.2. The lowest BCUT2D eigenvalue weighted by atomic mass is 9.79. The molecule has 200 valence electrons. The lowest BCUT2D eigenvalue weighted by molar-refractivity contribution is -0.308. The maximum absolute atomic E-state index is 12.9. The molecule has 0 spiro atoms. The van der Waals surface area contributed by atoms with E-state index in [9.17, 15) is 14.7 Å². The van der Waals surface area contributed by atoms with Gasteiger partial charge in [0.15, 0.2) is 0 Å². The number of carbonyl (C=O) groups excluding carboxylic acids is 2. The zero-order chi connectivity index (χ0) is 26.1. The van der Waals surface area contributed by atoms with Crippen LogP contribution < -0.4 is 15.2 Å². The topological polar surface area (TPSA) is 158 Å². The van der Waals surface area contributed by atoms with Crippen molar-refractivity contribution in [1.82, 2.24) is 35.1 Å². The van der Waals surface area contributed by atoms with Crippen molar-refractivity contribution in [3.63, 3.8) is 0 Å². The molecule has 3 aliphatic rings. The third-order valence-corrected chi connectivity index (χ3v) is 7.72. The summed E-state index contributed by atoms with van der Waals surface area (Å²) in [5.74, 6) is -0.741. The Kier molecular flexibility index (Phi) is 6.54. The average Bonchev–Trinajstić information content (AvgIpc) is 3.71. The predicted molar refractivity (Wildman–Crippen MR) is 127 cm³/mol. The molecule has 13 nitrogen and oxygen atoms in total. The largest absolute Gasteiger partial charge is 0.550 e. The molecule has 2 aliphatic heterocycles. The van der Waals surface area contributed by atoms with Gasteiger partial charge in [0.25, 0.3) is 0 Å². The van der Waals surface area contributed by atoms with Crippen molar-refractivity contribution in [2.75, 3.05) is 13.2 Å². The highest BCUT2D eigenvalue weighted by Gasteiger charge is 2.50. The van der Waals surface area contributed by atoms with Crippen LogP contribution in [0.25, 0.3) is 5.69 Å². The first-order valence-electron chi connectivity index (χ1n) is 12.8. The van der Waals surface area contributed by atoms with Crippen LogP contribution >= 0.6 is 0 Å². The smallest absolute Gasteiger partial charge is 0.341 e. The van der Waals surface area contributed by atoms with E-state index in [1.165, 1.54) is 0 Å². The fraction of sp³-hybridized carbons (Fsp3) is 0.520. The number of imidazole rings is 1. The third kappa shape index (κ3) is 4.86. The minimum atomic E-state index is -1.11. The standard InChI is InChI=1S/C25H29N7O6/c33-20(11-25(12-21(34)35)7-1-2-8-25)27-18-13-36-23-19(14-37-22(18)23)32-24(28-29-30-32)38-17-5-3-16(4-6-17)31-10-9-26-15-31/h3-6,9-10,15,18-19,22-23H,1-2,7-8,11-14H2,(H,27,33)(H,34,35)/p-1/t18-,19-,22+,23+/m0/s1. The maximum Gasteiger partial charge on any atom is 0.341 e. The molecule has 38 heavy (non-hydrogen) atoms. The molecule has 4 atom stereocenters. The highest BCUT2D eigenvalue weighted by molar-refractivity contribution is 5.78. The highest BCUT2D eigenvalue weighted by atomic mass is 16.6. The van der Waals surface area contributed by atoms with Gasteiger partial charge in [-0.3, -0.25) is 4.79 Å². The van der Waals surface area contributed by atoms with Crippen molar-refractivity contribution in [3.05, 3.63) is 43.0 Å². The summed E-state index contributed by atoms with van der Waals surface area (Å²) in [6.45, 7) is 0.566. The van der Waals surface area contributed by atoms with Gasteiger partial charge in [0.2, 0.25) is 5.91 Å². The Hall–Kier alpha value is -3.84. The monoisotopic (exact) mass is 522 g/mol. The number of carboxylic acid groups (broad SMARTS) is 1. The number of carboxylic acids is 1. The van der Waals surface area contributed by atoms with E-state index in [0.717, 1.165) is 18.5 Å². The van der Waals surface area contributed by atoms with Crippen molar-refractivity contribution in [3.8, 4) is 17.4 Å². The summed E-state index contributed by atoms with van der Waals surface area (Å²) < 4.78 is 21.4. The second-order valence-electron chi connectivity index (χ2n) is 10.2. The van der Waals surface area contributed by atoms with Crippen molar-refractivity contribution < 1.29 is 28.9 Å². The molecule has 0 bridgehead atoms. The summed E-state index contributed by atoms with van der Waals surface area (Å²) in [5, 5.41) is 26.2. The SMILES string of the molecule is O=C([O-])CC1(CC(=O)N[C@H]2CO[C@H]3[C@@H]2OC[C@@H]3n2nnnc2Oc2ccc(-n3ccnc3)cc2)CCCC1. The number of benzene rings is 1. The van der Waals surface area contributed by atoms with Crippen LogP contribution in [0.2, 0.25) is 0 Å². The summed E-state index contributed by atoms with van der Waals surface area (Å²) in [7, 11) is 0. The van der Waals surface area contributed by atoms with E-state index in [1.54, 1.807) is 17.2 Å². The van der Waals surface area contributed by atoms with Crippen LogP contribution in [0.5, 0.6) is 11.8 Å². The zero-order valence-electron chi connectivity index (χ0n) is 20.6. The Morgan fingerprint density at radius 3 is 2.63 bits per heavy atom. The molecule has 4 heterocycles. The lowest BCUT2D eigenvalue weighted by Crippen LogP contribution is -2.46. The molecule has 0 unspecified atom stereocenters. The molecule has 3 fully saturated rings. The summed E-state index contributed by atoms with van der Waals surface area (Å²) in [6.07, 6.45) is 7.86. The summed E-state index contributed by atoms with van der Waals surface area (Å²) >= 11 is 0. The number of carbonyl (C=O) groups is 2. The van der Waals surface area contributed by atoms with Crippen LogP contribution in [-0.4, -0.2) is 73.1 Å². The van der Waals surface area contributed by atoms with Gasteiger partial charge in [0, 0.05) is 30.5 Å². The van der Waals surface area contributed by atoms with E-state index in [0.29, 0.717) is 18.6 Å². The minimum absolute atomic E-state index is 0.0966. The minimum Gasteiger partial charge on any atom is -0.550 e. The van der Waals surface area contributed by atoms with Crippen LogP contribution in [0.3, 0.4) is 0 Å². The quantitative estimate of drug-likeness (QED) is 0.421. The van der Waals surface area contributed by atoms with Gasteiger partial charge < -0.3 is 34.0 Å². The van der Waals surface area contributed by atoms with Gasteiger partial charge in [-0.25, -0.2) is 4.98 Å². The molecule has 13 heteroatoms. The number of hydrogen-bond donors (Lipinski definition) is 1. The Morgan fingerprint density at radius 1 is 1.11 bits per heavy atom. The Balaban J connectivity index is 1.09. The first kappa shape index (κ1) is 24.5. The molecule has 6 rings (SSSR count). The Bertz CT molecular complexity index is 1270. The van der Waals surface area contributed by atoms with Gasteiger partial charge in [-0.1, -0.05) is 17.9 Å². The van der Waals surface area contributed by atoms with E-state index in [4.69, 9.17) is 14.2 Å². The Labute approximate surface area is 218 Å². The number of nitrogens with one attached hydrogen (secondary N) is 1. The predicted octanol–water partition coefficient (Wildman–Crippen LogP) is 0.565. The number of nitrogens with zero attached hydrogens (tertiary/aromatic N) is 6. The van der Waals surface area contributed by atoms with E-state index in [-0.39, 0.29) is 62.3 Å². The highest BCUT2D eigenvalue weighted by Crippen LogP contribution is 2.44. The molecular formula is C25H28N7O6-. The maximum atomic E-state index is 12.9.